The Bertz CT molecular complexity index is 474. The van der Waals surface area contributed by atoms with Gasteiger partial charge in [0.25, 0.3) is 0 Å². The average Bonchev–Trinajstić information content (AvgIpc) is 2.18. The molecule has 70 valence electrons. The Morgan fingerprint density at radius 3 is 2.86 bits per heavy atom. The Morgan fingerprint density at radius 1 is 1.29 bits per heavy atom. The zero-order valence-electron chi connectivity index (χ0n) is 7.90. The Hall–Kier alpha value is -1.77. The van der Waals surface area contributed by atoms with Crippen molar-refractivity contribution in [2.45, 2.75) is 13.3 Å². The number of Topliss-reactive ketones (excluding diaryl/α,β-unsaturated/α-hetero) is 1. The van der Waals surface area contributed by atoms with Crippen LogP contribution in [0, 0.1) is 0 Å². The highest BCUT2D eigenvalue weighted by molar-refractivity contribution is 5.89. The molecule has 2 rings (SSSR count). The molecule has 0 atom stereocenters. The van der Waals surface area contributed by atoms with Crippen molar-refractivity contribution in [3.8, 4) is 0 Å². The van der Waals surface area contributed by atoms with Gasteiger partial charge in [-0.1, -0.05) is 18.2 Å². The van der Waals surface area contributed by atoms with Crippen LogP contribution in [0.1, 0.15) is 12.5 Å². The van der Waals surface area contributed by atoms with Crippen LogP contribution in [0.2, 0.25) is 0 Å². The summed E-state index contributed by atoms with van der Waals surface area (Å²) >= 11 is 0. The predicted octanol–water partition coefficient (Wildman–Crippen LogP) is 1.76. The second kappa shape index (κ2) is 3.54. The Morgan fingerprint density at radius 2 is 2.07 bits per heavy atom. The molecule has 0 aliphatic rings. The van der Waals surface area contributed by atoms with E-state index in [-0.39, 0.29) is 5.78 Å². The van der Waals surface area contributed by atoms with Crippen LogP contribution in [-0.2, 0) is 11.2 Å². The minimum atomic E-state index is 0.161. The lowest BCUT2D eigenvalue weighted by atomic mass is 10.0. The maximum atomic E-state index is 11.0. The van der Waals surface area contributed by atoms with Crippen molar-refractivity contribution < 1.29 is 4.79 Å². The highest BCUT2D eigenvalue weighted by Gasteiger charge is 2.02. The average molecular weight is 186 g/mol. The quantitative estimate of drug-likeness (QED) is 0.717. The molecule has 0 saturated heterocycles. The van der Waals surface area contributed by atoms with Crippen molar-refractivity contribution >= 4 is 16.6 Å². The number of nitrogens with zero attached hydrogens (tertiary/aromatic N) is 2. The number of ketones is 1. The van der Waals surface area contributed by atoms with Gasteiger partial charge in [-0.25, -0.2) is 0 Å². The normalized spacial score (nSPS) is 10.4. The lowest BCUT2D eigenvalue weighted by Crippen LogP contribution is -1.97. The zero-order chi connectivity index (χ0) is 9.97. The van der Waals surface area contributed by atoms with Gasteiger partial charge >= 0.3 is 0 Å². The summed E-state index contributed by atoms with van der Waals surface area (Å²) in [6.07, 6.45) is 3.87. The number of carbonyl (C=O) groups excluding carboxylic acids is 1. The van der Waals surface area contributed by atoms with Gasteiger partial charge in [-0.05, 0) is 12.5 Å². The number of aromatic nitrogens is 2. The van der Waals surface area contributed by atoms with Gasteiger partial charge in [0.2, 0.25) is 0 Å². The van der Waals surface area contributed by atoms with E-state index >= 15 is 0 Å². The van der Waals surface area contributed by atoms with Gasteiger partial charge in [0.15, 0.2) is 0 Å². The molecule has 1 heterocycles. The van der Waals surface area contributed by atoms with Gasteiger partial charge in [-0.3, -0.25) is 4.79 Å². The van der Waals surface area contributed by atoms with Crippen LogP contribution < -0.4 is 0 Å². The lowest BCUT2D eigenvalue weighted by Gasteiger charge is -2.02. The third-order valence-corrected chi connectivity index (χ3v) is 2.12. The van der Waals surface area contributed by atoms with Gasteiger partial charge in [0, 0.05) is 17.2 Å². The summed E-state index contributed by atoms with van der Waals surface area (Å²) in [5.41, 5.74) is 1.02. The molecule has 0 N–H and O–H groups in total. The third kappa shape index (κ3) is 1.62. The van der Waals surface area contributed by atoms with Crippen LogP contribution in [0.4, 0.5) is 0 Å². The van der Waals surface area contributed by atoms with Crippen molar-refractivity contribution in [2.24, 2.45) is 0 Å². The van der Waals surface area contributed by atoms with Gasteiger partial charge in [-0.2, -0.15) is 10.2 Å². The largest absolute Gasteiger partial charge is 0.300 e. The van der Waals surface area contributed by atoms with E-state index in [0.717, 1.165) is 16.3 Å². The number of benzene rings is 1. The van der Waals surface area contributed by atoms with Crippen LogP contribution in [-0.4, -0.2) is 16.0 Å². The molecular weight excluding hydrogens is 176 g/mol. The smallest absolute Gasteiger partial charge is 0.134 e. The maximum absolute atomic E-state index is 11.0. The minimum Gasteiger partial charge on any atom is -0.300 e. The van der Waals surface area contributed by atoms with E-state index in [1.807, 2.05) is 18.2 Å². The van der Waals surface area contributed by atoms with E-state index in [2.05, 4.69) is 10.2 Å². The molecule has 1 aromatic heterocycles. The van der Waals surface area contributed by atoms with Gasteiger partial charge in [0.1, 0.15) is 5.78 Å². The highest BCUT2D eigenvalue weighted by atomic mass is 16.1. The number of fused-ring (bicyclic) bond motifs is 1. The zero-order valence-corrected chi connectivity index (χ0v) is 7.90. The van der Waals surface area contributed by atoms with Gasteiger partial charge in [-0.15, -0.1) is 0 Å². The minimum absolute atomic E-state index is 0.161. The number of hydrogen-bond donors (Lipinski definition) is 0. The molecule has 0 radical (unpaired) electrons. The van der Waals surface area contributed by atoms with Crippen LogP contribution in [0.3, 0.4) is 0 Å². The Labute approximate surface area is 81.8 Å². The van der Waals surface area contributed by atoms with Crippen molar-refractivity contribution in [1.82, 2.24) is 10.2 Å². The molecule has 3 nitrogen and oxygen atoms in total. The topological polar surface area (TPSA) is 42.9 Å². The molecule has 0 aliphatic carbocycles. The second-order valence-electron chi connectivity index (χ2n) is 3.29. The number of rotatable bonds is 2. The fourth-order valence-corrected chi connectivity index (χ4v) is 1.51. The summed E-state index contributed by atoms with van der Waals surface area (Å²) in [5.74, 6) is 0.161. The molecule has 2 aromatic rings. The maximum Gasteiger partial charge on any atom is 0.134 e. The summed E-state index contributed by atoms with van der Waals surface area (Å²) in [7, 11) is 0. The first kappa shape index (κ1) is 8.81. The fourth-order valence-electron chi connectivity index (χ4n) is 1.51. The first-order valence-corrected chi connectivity index (χ1v) is 4.45. The molecule has 0 saturated carbocycles. The molecule has 0 amide bonds. The second-order valence-corrected chi connectivity index (χ2v) is 3.29. The van der Waals surface area contributed by atoms with E-state index in [4.69, 9.17) is 0 Å². The summed E-state index contributed by atoms with van der Waals surface area (Å²) < 4.78 is 0. The Balaban J connectivity index is 2.59. The van der Waals surface area contributed by atoms with E-state index < -0.39 is 0 Å². The van der Waals surface area contributed by atoms with Crippen LogP contribution >= 0.6 is 0 Å². The molecule has 0 unspecified atom stereocenters. The van der Waals surface area contributed by atoms with Gasteiger partial charge < -0.3 is 0 Å². The van der Waals surface area contributed by atoms with Crippen molar-refractivity contribution in [1.29, 1.82) is 0 Å². The fraction of sp³-hybridized carbons (Fsp3) is 0.182. The molecule has 14 heavy (non-hydrogen) atoms. The SMILES string of the molecule is CC(=O)Cc1cccc2cnncc12. The first-order valence-electron chi connectivity index (χ1n) is 4.45. The van der Waals surface area contributed by atoms with Crippen molar-refractivity contribution in [3.05, 3.63) is 36.2 Å². The highest BCUT2D eigenvalue weighted by Crippen LogP contribution is 2.16. The summed E-state index contributed by atoms with van der Waals surface area (Å²) in [6, 6.07) is 5.85. The van der Waals surface area contributed by atoms with Crippen molar-refractivity contribution in [2.75, 3.05) is 0 Å². The van der Waals surface area contributed by atoms with E-state index in [1.54, 1.807) is 19.3 Å². The molecule has 0 aliphatic heterocycles. The number of carbonyl (C=O) groups is 1. The molecular formula is C11H10N2O. The molecule has 3 heteroatoms. The van der Waals surface area contributed by atoms with E-state index in [0.29, 0.717) is 6.42 Å². The van der Waals surface area contributed by atoms with Crippen LogP contribution in [0.25, 0.3) is 10.8 Å². The lowest BCUT2D eigenvalue weighted by molar-refractivity contribution is -0.116. The molecule has 0 fully saturated rings. The van der Waals surface area contributed by atoms with Crippen LogP contribution in [0.5, 0.6) is 0 Å². The number of hydrogen-bond acceptors (Lipinski definition) is 3. The summed E-state index contributed by atoms with van der Waals surface area (Å²) in [6.45, 7) is 1.59. The molecule has 0 bridgehead atoms. The summed E-state index contributed by atoms with van der Waals surface area (Å²) in [4.78, 5) is 11.0. The Kier molecular flexibility index (Phi) is 2.23. The van der Waals surface area contributed by atoms with Crippen LogP contribution in [0.15, 0.2) is 30.6 Å². The van der Waals surface area contributed by atoms with Gasteiger partial charge in [0.05, 0.1) is 12.4 Å². The van der Waals surface area contributed by atoms with Crippen molar-refractivity contribution in [3.63, 3.8) is 0 Å². The van der Waals surface area contributed by atoms with E-state index in [9.17, 15) is 4.79 Å². The summed E-state index contributed by atoms with van der Waals surface area (Å²) in [5, 5.41) is 9.66. The third-order valence-electron chi connectivity index (χ3n) is 2.12. The standard InChI is InChI=1S/C11H10N2O/c1-8(14)5-9-3-2-4-10-6-12-13-7-11(9)10/h2-4,6-7H,5H2,1H3. The van der Waals surface area contributed by atoms with E-state index in [1.165, 1.54) is 0 Å². The predicted molar refractivity (Wildman–Crippen MR) is 53.9 cm³/mol. The molecule has 0 spiro atoms. The first-order chi connectivity index (χ1) is 6.77. The molecule has 1 aromatic carbocycles. The monoisotopic (exact) mass is 186 g/mol.